The summed E-state index contributed by atoms with van der Waals surface area (Å²) in [4.78, 5) is 23.8. The molecule has 0 aliphatic carbocycles. The molecule has 6 nitrogen and oxygen atoms in total. The minimum Gasteiger partial charge on any atom is -0.495 e. The van der Waals surface area contributed by atoms with Crippen molar-refractivity contribution in [2.75, 3.05) is 26.6 Å². The summed E-state index contributed by atoms with van der Waals surface area (Å²) < 4.78 is 56.3. The van der Waals surface area contributed by atoms with Crippen LogP contribution in [0.25, 0.3) is 0 Å². The highest BCUT2D eigenvalue weighted by Gasteiger charge is 2.61. The number of alkyl halides is 3. The summed E-state index contributed by atoms with van der Waals surface area (Å²) in [6, 6.07) is 11.1. The Balaban J connectivity index is 2.56. The van der Waals surface area contributed by atoms with E-state index < -0.39 is 23.7 Å². The van der Waals surface area contributed by atoms with Crippen molar-refractivity contribution in [3.8, 4) is 17.6 Å². The molecule has 0 saturated heterocycles. The molecule has 9 heteroatoms. The predicted molar refractivity (Wildman–Crippen MR) is 102 cm³/mol. The quantitative estimate of drug-likeness (QED) is 0.589. The van der Waals surface area contributed by atoms with E-state index in [1.807, 2.05) is 5.92 Å². The van der Waals surface area contributed by atoms with Crippen molar-refractivity contribution in [2.45, 2.75) is 11.7 Å². The Labute approximate surface area is 170 Å². The number of ether oxygens (including phenoxy) is 3. The van der Waals surface area contributed by atoms with Crippen molar-refractivity contribution in [1.29, 1.82) is 0 Å². The monoisotopic (exact) mass is 421 g/mol. The summed E-state index contributed by atoms with van der Waals surface area (Å²) in [7, 11) is 3.32. The second-order valence-electron chi connectivity index (χ2n) is 5.88. The summed E-state index contributed by atoms with van der Waals surface area (Å²) in [5, 5.41) is 2.14. The summed E-state index contributed by atoms with van der Waals surface area (Å²) in [6.45, 7) is 0. The zero-order chi connectivity index (χ0) is 22.4. The summed E-state index contributed by atoms with van der Waals surface area (Å²) in [5.74, 6) is 2.13. The lowest BCUT2D eigenvalue weighted by molar-refractivity contribution is -0.187. The molecule has 0 fully saturated rings. The molecule has 1 atom stereocenters. The molecule has 30 heavy (non-hydrogen) atoms. The number of methoxy groups -OCH3 is 3. The van der Waals surface area contributed by atoms with Crippen LogP contribution in [0.15, 0.2) is 48.5 Å². The van der Waals surface area contributed by atoms with Gasteiger partial charge < -0.3 is 19.5 Å². The third kappa shape index (κ3) is 4.66. The molecule has 0 amide bonds. The molecule has 0 aromatic heterocycles. The molecule has 158 valence electrons. The minimum absolute atomic E-state index is 0.0826. The van der Waals surface area contributed by atoms with E-state index in [-0.39, 0.29) is 22.6 Å². The topological polar surface area (TPSA) is 73.9 Å². The first-order valence-corrected chi connectivity index (χ1v) is 8.46. The molecule has 0 bridgehead atoms. The molecule has 0 spiro atoms. The normalized spacial score (nSPS) is 12.6. The molecule has 0 aliphatic heterocycles. The van der Waals surface area contributed by atoms with Gasteiger partial charge in [-0.25, -0.2) is 9.59 Å². The zero-order valence-electron chi connectivity index (χ0n) is 16.3. The van der Waals surface area contributed by atoms with E-state index in [0.29, 0.717) is 0 Å². The van der Waals surface area contributed by atoms with Crippen molar-refractivity contribution in [3.05, 3.63) is 59.7 Å². The van der Waals surface area contributed by atoms with Crippen molar-refractivity contribution in [2.24, 2.45) is 0 Å². The van der Waals surface area contributed by atoms with E-state index in [1.165, 1.54) is 56.7 Å². The Hall–Kier alpha value is -3.67. The van der Waals surface area contributed by atoms with Crippen LogP contribution in [-0.2, 0) is 14.3 Å². The Kier molecular flexibility index (Phi) is 6.95. The number of esters is 2. The minimum atomic E-state index is -5.14. The van der Waals surface area contributed by atoms with Gasteiger partial charge in [-0.1, -0.05) is 18.1 Å². The van der Waals surface area contributed by atoms with Crippen LogP contribution in [0, 0.1) is 11.8 Å². The number of carbonyl (C=O) groups excluding carboxylic acids is 2. The lowest BCUT2D eigenvalue weighted by Crippen LogP contribution is -2.57. The van der Waals surface area contributed by atoms with Crippen LogP contribution in [0.5, 0.6) is 5.75 Å². The van der Waals surface area contributed by atoms with Crippen molar-refractivity contribution < 1.29 is 37.0 Å². The van der Waals surface area contributed by atoms with Gasteiger partial charge in [-0.3, -0.25) is 0 Å². The maximum absolute atomic E-state index is 14.1. The Morgan fingerprint density at radius 3 is 2.10 bits per heavy atom. The Morgan fingerprint density at radius 2 is 1.57 bits per heavy atom. The van der Waals surface area contributed by atoms with Gasteiger partial charge in [0.2, 0.25) is 0 Å². The van der Waals surface area contributed by atoms with Gasteiger partial charge in [0.15, 0.2) is 0 Å². The van der Waals surface area contributed by atoms with Gasteiger partial charge in [0.1, 0.15) is 5.75 Å². The van der Waals surface area contributed by atoms with E-state index in [0.717, 1.165) is 7.11 Å². The molecule has 0 heterocycles. The molecular weight excluding hydrogens is 403 g/mol. The lowest BCUT2D eigenvalue weighted by Gasteiger charge is -2.30. The highest BCUT2D eigenvalue weighted by molar-refractivity contribution is 5.91. The zero-order valence-corrected chi connectivity index (χ0v) is 16.3. The van der Waals surface area contributed by atoms with Crippen molar-refractivity contribution in [1.82, 2.24) is 0 Å². The molecule has 0 aliphatic rings. The van der Waals surface area contributed by atoms with E-state index in [9.17, 15) is 22.8 Å². The fourth-order valence-electron chi connectivity index (χ4n) is 2.47. The molecule has 0 saturated carbocycles. The van der Waals surface area contributed by atoms with Crippen LogP contribution in [0.3, 0.4) is 0 Å². The van der Waals surface area contributed by atoms with Crippen LogP contribution < -0.4 is 10.1 Å². The van der Waals surface area contributed by atoms with E-state index in [2.05, 4.69) is 20.7 Å². The number of carbonyl (C=O) groups is 2. The highest BCUT2D eigenvalue weighted by Crippen LogP contribution is 2.37. The van der Waals surface area contributed by atoms with Crippen molar-refractivity contribution >= 4 is 17.6 Å². The summed E-state index contributed by atoms with van der Waals surface area (Å²) in [5.41, 5.74) is -3.12. The standard InChI is InChI=1S/C21H18F3NO5/c1-28-17-7-5-4-6-16(17)25-20(19(27)30-3,21(22,23)24)13-12-14-8-10-15(11-9-14)18(26)29-2/h4-11,25H,1-3H3/t20-/m1/s1. The van der Waals surface area contributed by atoms with Crippen LogP contribution >= 0.6 is 0 Å². The van der Waals surface area contributed by atoms with Gasteiger partial charge in [0.25, 0.3) is 5.54 Å². The smallest absolute Gasteiger partial charge is 0.434 e. The number of nitrogens with one attached hydrogen (secondary N) is 1. The van der Waals surface area contributed by atoms with E-state index in [1.54, 1.807) is 6.07 Å². The SMILES string of the molecule is COC(=O)c1ccc(C#C[C@@](Nc2ccccc2OC)(C(=O)OC)C(F)(F)F)cc1. The first kappa shape index (κ1) is 22.6. The van der Waals surface area contributed by atoms with Crippen LogP contribution in [0.1, 0.15) is 15.9 Å². The molecule has 1 N–H and O–H groups in total. The molecule has 2 aromatic carbocycles. The van der Waals surface area contributed by atoms with Gasteiger partial charge in [0.05, 0.1) is 32.6 Å². The molecule has 0 radical (unpaired) electrons. The van der Waals surface area contributed by atoms with Crippen LogP contribution in [-0.4, -0.2) is 45.0 Å². The average molecular weight is 421 g/mol. The van der Waals surface area contributed by atoms with Gasteiger partial charge in [-0.05, 0) is 42.3 Å². The molecule has 0 unspecified atom stereocenters. The fourth-order valence-corrected chi connectivity index (χ4v) is 2.47. The second-order valence-corrected chi connectivity index (χ2v) is 5.88. The maximum Gasteiger partial charge on any atom is 0.434 e. The third-order valence-electron chi connectivity index (χ3n) is 4.05. The van der Waals surface area contributed by atoms with Gasteiger partial charge in [0, 0.05) is 5.56 Å². The van der Waals surface area contributed by atoms with Crippen LogP contribution in [0.4, 0.5) is 18.9 Å². The first-order valence-electron chi connectivity index (χ1n) is 8.46. The number of rotatable bonds is 5. The van der Waals surface area contributed by atoms with Crippen LogP contribution in [0.2, 0.25) is 0 Å². The highest BCUT2D eigenvalue weighted by atomic mass is 19.4. The largest absolute Gasteiger partial charge is 0.495 e. The Bertz CT molecular complexity index is 977. The molecule has 2 rings (SSSR count). The second kappa shape index (κ2) is 9.22. The van der Waals surface area contributed by atoms with Gasteiger partial charge >= 0.3 is 18.1 Å². The third-order valence-corrected chi connectivity index (χ3v) is 4.05. The fraction of sp³-hybridized carbons (Fsp3) is 0.238. The number of anilines is 1. The summed E-state index contributed by atoms with van der Waals surface area (Å²) >= 11 is 0. The predicted octanol–water partition coefficient (Wildman–Crippen LogP) is 3.42. The summed E-state index contributed by atoms with van der Waals surface area (Å²) in [6.07, 6.45) is -5.14. The average Bonchev–Trinajstić information content (AvgIpc) is 2.75. The first-order chi connectivity index (χ1) is 14.2. The number of hydrogen-bond donors (Lipinski definition) is 1. The van der Waals surface area contributed by atoms with Gasteiger partial charge in [-0.2, -0.15) is 13.2 Å². The molecule has 2 aromatic rings. The van der Waals surface area contributed by atoms with E-state index >= 15 is 0 Å². The maximum atomic E-state index is 14.1. The van der Waals surface area contributed by atoms with E-state index in [4.69, 9.17) is 4.74 Å². The number of para-hydroxylation sites is 2. The Morgan fingerprint density at radius 1 is 0.933 bits per heavy atom. The number of halogens is 3. The number of hydrogen-bond acceptors (Lipinski definition) is 6. The van der Waals surface area contributed by atoms with Gasteiger partial charge in [-0.15, -0.1) is 0 Å². The lowest BCUT2D eigenvalue weighted by atomic mass is 9.97. The van der Waals surface area contributed by atoms with Crippen molar-refractivity contribution in [3.63, 3.8) is 0 Å². The number of benzene rings is 2. The molecular formula is C21H18F3NO5.